The molecule has 1 aliphatic rings. The first-order valence-corrected chi connectivity index (χ1v) is 5.61. The highest BCUT2D eigenvalue weighted by atomic mass is 35.5. The van der Waals surface area contributed by atoms with Crippen LogP contribution in [0.5, 0.6) is 0 Å². The zero-order valence-corrected chi connectivity index (χ0v) is 11.1. The molecule has 2 heterocycles. The number of aliphatic hydroxyl groups is 4. The van der Waals surface area contributed by atoms with Crippen LogP contribution in [0.4, 0.5) is 5.82 Å². The highest BCUT2D eigenvalue weighted by molar-refractivity contribution is 5.85. The molecule has 0 bridgehead atoms. The molecular weight excluding hydrogens is 294 g/mol. The van der Waals surface area contributed by atoms with Crippen LogP contribution in [-0.4, -0.2) is 61.0 Å². The second-order valence-electron chi connectivity index (χ2n) is 4.26. The molecule has 20 heavy (non-hydrogen) atoms. The highest BCUT2D eigenvalue weighted by Gasteiger charge is 2.44. The molecular formula is C10H16ClN3O6. The van der Waals surface area contributed by atoms with Gasteiger partial charge < -0.3 is 30.9 Å². The minimum atomic E-state index is -1.56. The van der Waals surface area contributed by atoms with Crippen LogP contribution in [0.1, 0.15) is 6.23 Å². The van der Waals surface area contributed by atoms with Crippen LogP contribution in [-0.2, 0) is 4.74 Å². The predicted octanol–water partition coefficient (Wildman–Crippen LogP) is -2.78. The largest absolute Gasteiger partial charge is 0.394 e. The summed E-state index contributed by atoms with van der Waals surface area (Å²) in [6, 6.07) is 1.32. The van der Waals surface area contributed by atoms with Crippen molar-refractivity contribution in [2.24, 2.45) is 0 Å². The summed E-state index contributed by atoms with van der Waals surface area (Å²) in [6.45, 7) is -0.571. The molecule has 10 heteroatoms. The van der Waals surface area contributed by atoms with Crippen molar-refractivity contribution < 1.29 is 25.2 Å². The first-order valence-electron chi connectivity index (χ1n) is 5.61. The van der Waals surface area contributed by atoms with Crippen LogP contribution >= 0.6 is 12.4 Å². The number of aromatic nitrogens is 2. The Labute approximate surface area is 119 Å². The third kappa shape index (κ3) is 2.92. The summed E-state index contributed by atoms with van der Waals surface area (Å²) >= 11 is 0. The van der Waals surface area contributed by atoms with Crippen LogP contribution in [0.2, 0.25) is 0 Å². The number of rotatable bonds is 2. The summed E-state index contributed by atoms with van der Waals surface area (Å²) in [5, 5.41) is 38.1. The van der Waals surface area contributed by atoms with Gasteiger partial charge in [0, 0.05) is 6.20 Å². The molecule has 1 aromatic rings. The van der Waals surface area contributed by atoms with Crippen LogP contribution in [0.15, 0.2) is 17.1 Å². The maximum atomic E-state index is 11.6. The summed E-state index contributed by atoms with van der Waals surface area (Å²) in [7, 11) is 0. The van der Waals surface area contributed by atoms with Crippen LogP contribution in [0, 0.1) is 0 Å². The molecule has 0 unspecified atom stereocenters. The maximum absolute atomic E-state index is 11.6. The van der Waals surface area contributed by atoms with Crippen molar-refractivity contribution in [3.8, 4) is 0 Å². The van der Waals surface area contributed by atoms with E-state index in [1.54, 1.807) is 0 Å². The molecule has 1 aliphatic heterocycles. The fourth-order valence-corrected chi connectivity index (χ4v) is 1.93. The molecule has 0 saturated carbocycles. The van der Waals surface area contributed by atoms with Gasteiger partial charge in [0.05, 0.1) is 6.61 Å². The summed E-state index contributed by atoms with van der Waals surface area (Å²) in [4.78, 5) is 15.1. The SMILES string of the molecule is Cl.Nc1ccn([C@@H]2O[C@H](CO)[C@@H](O)[C@H](O)[C@H]2O)c(=O)n1. The van der Waals surface area contributed by atoms with E-state index < -0.39 is 42.9 Å². The van der Waals surface area contributed by atoms with Gasteiger partial charge in [0.25, 0.3) is 0 Å². The van der Waals surface area contributed by atoms with E-state index in [4.69, 9.17) is 15.6 Å². The number of hydrogen-bond donors (Lipinski definition) is 5. The summed E-state index contributed by atoms with van der Waals surface area (Å²) < 4.78 is 6.14. The molecule has 114 valence electrons. The Morgan fingerprint density at radius 3 is 2.50 bits per heavy atom. The standard InChI is InChI=1S/C10H15N3O6.ClH/c11-5-1-2-13(10(18)12-5)9-8(17)7(16)6(15)4(3-14)19-9;/h1-2,4,6-9,14-17H,3H2,(H2,11,12,18);1H/t4-,6-,7+,8-,9-;/m1./s1. The van der Waals surface area contributed by atoms with Crippen molar-refractivity contribution in [2.45, 2.75) is 30.6 Å². The highest BCUT2D eigenvalue weighted by Crippen LogP contribution is 2.27. The van der Waals surface area contributed by atoms with Crippen molar-refractivity contribution in [1.82, 2.24) is 9.55 Å². The Bertz CT molecular complexity index is 510. The van der Waals surface area contributed by atoms with Crippen molar-refractivity contribution in [3.05, 3.63) is 22.7 Å². The molecule has 1 saturated heterocycles. The summed E-state index contributed by atoms with van der Waals surface area (Å²) in [5.74, 6) is 0.00541. The van der Waals surface area contributed by atoms with Crippen LogP contribution in [0.25, 0.3) is 0 Å². The fourth-order valence-electron chi connectivity index (χ4n) is 1.93. The van der Waals surface area contributed by atoms with Gasteiger partial charge >= 0.3 is 5.69 Å². The molecule has 6 N–H and O–H groups in total. The van der Waals surface area contributed by atoms with E-state index in [-0.39, 0.29) is 18.2 Å². The Hall–Kier alpha value is -1.23. The van der Waals surface area contributed by atoms with Gasteiger partial charge in [-0.15, -0.1) is 12.4 Å². The van der Waals surface area contributed by atoms with Crippen molar-refractivity contribution >= 4 is 18.2 Å². The lowest BCUT2D eigenvalue weighted by Crippen LogP contribution is -2.57. The smallest absolute Gasteiger partial charge is 0.351 e. The maximum Gasteiger partial charge on any atom is 0.351 e. The van der Waals surface area contributed by atoms with E-state index >= 15 is 0 Å². The Morgan fingerprint density at radius 1 is 1.30 bits per heavy atom. The first-order chi connectivity index (χ1) is 8.95. The van der Waals surface area contributed by atoms with Crippen molar-refractivity contribution in [1.29, 1.82) is 0 Å². The number of anilines is 1. The van der Waals surface area contributed by atoms with Gasteiger partial charge in [-0.3, -0.25) is 4.57 Å². The molecule has 2 rings (SSSR count). The van der Waals surface area contributed by atoms with E-state index in [1.807, 2.05) is 0 Å². The zero-order chi connectivity index (χ0) is 14.2. The molecule has 0 aromatic carbocycles. The van der Waals surface area contributed by atoms with Gasteiger partial charge in [-0.2, -0.15) is 4.98 Å². The van der Waals surface area contributed by atoms with Crippen molar-refractivity contribution in [2.75, 3.05) is 12.3 Å². The Morgan fingerprint density at radius 2 is 1.95 bits per heavy atom. The monoisotopic (exact) mass is 309 g/mol. The number of nitrogens with two attached hydrogens (primary N) is 1. The first kappa shape index (κ1) is 16.8. The molecule has 0 aliphatic carbocycles. The average Bonchev–Trinajstić information content (AvgIpc) is 2.38. The molecule has 0 amide bonds. The average molecular weight is 310 g/mol. The van der Waals surface area contributed by atoms with Crippen LogP contribution in [0.3, 0.4) is 0 Å². The van der Waals surface area contributed by atoms with Gasteiger partial charge in [-0.25, -0.2) is 4.79 Å². The lowest BCUT2D eigenvalue weighted by molar-refractivity contribution is -0.252. The zero-order valence-electron chi connectivity index (χ0n) is 10.2. The van der Waals surface area contributed by atoms with Gasteiger partial charge in [0.2, 0.25) is 0 Å². The molecule has 5 atom stereocenters. The van der Waals surface area contributed by atoms with Crippen LogP contribution < -0.4 is 11.4 Å². The summed E-state index contributed by atoms with van der Waals surface area (Å²) in [5.41, 5.74) is 4.56. The fraction of sp³-hybridized carbons (Fsp3) is 0.600. The van der Waals surface area contributed by atoms with E-state index in [1.165, 1.54) is 12.3 Å². The second-order valence-corrected chi connectivity index (χ2v) is 4.26. The third-order valence-electron chi connectivity index (χ3n) is 2.99. The normalized spacial score (nSPS) is 33.5. The number of hydrogen-bond acceptors (Lipinski definition) is 8. The Balaban J connectivity index is 0.00000200. The molecule has 1 fully saturated rings. The van der Waals surface area contributed by atoms with Gasteiger partial charge in [0.1, 0.15) is 30.2 Å². The lowest BCUT2D eigenvalue weighted by atomic mass is 9.98. The second kappa shape index (κ2) is 6.48. The number of nitrogens with zero attached hydrogens (tertiary/aromatic N) is 2. The van der Waals surface area contributed by atoms with E-state index in [0.29, 0.717) is 0 Å². The van der Waals surface area contributed by atoms with Gasteiger partial charge in [-0.1, -0.05) is 0 Å². The van der Waals surface area contributed by atoms with Gasteiger partial charge in [-0.05, 0) is 6.07 Å². The van der Waals surface area contributed by atoms with Gasteiger partial charge in [0.15, 0.2) is 6.23 Å². The number of halogens is 1. The topological polar surface area (TPSA) is 151 Å². The number of nitrogen functional groups attached to an aromatic ring is 1. The minimum absolute atomic E-state index is 0. The molecule has 0 radical (unpaired) electrons. The van der Waals surface area contributed by atoms with E-state index in [9.17, 15) is 20.1 Å². The number of aliphatic hydroxyl groups excluding tert-OH is 4. The molecule has 0 spiro atoms. The quantitative estimate of drug-likeness (QED) is 0.393. The van der Waals surface area contributed by atoms with E-state index in [0.717, 1.165) is 4.57 Å². The summed E-state index contributed by atoms with van der Waals surface area (Å²) in [6.07, 6.45) is -5.68. The number of ether oxygens (including phenoxy) is 1. The van der Waals surface area contributed by atoms with E-state index in [2.05, 4.69) is 4.98 Å². The minimum Gasteiger partial charge on any atom is -0.394 e. The van der Waals surface area contributed by atoms with Crippen molar-refractivity contribution in [3.63, 3.8) is 0 Å². The Kier molecular flexibility index (Phi) is 5.45. The molecule has 1 aromatic heterocycles. The predicted molar refractivity (Wildman–Crippen MR) is 69.2 cm³/mol. The molecule has 9 nitrogen and oxygen atoms in total. The lowest BCUT2D eigenvalue weighted by Gasteiger charge is -2.40. The third-order valence-corrected chi connectivity index (χ3v) is 2.99.